The van der Waals surface area contributed by atoms with Crippen molar-refractivity contribution in [3.8, 4) is 0 Å². The Balaban J connectivity index is 0.000000112. The summed E-state index contributed by atoms with van der Waals surface area (Å²) in [6.45, 7) is 26.0. The van der Waals surface area contributed by atoms with Crippen LogP contribution >= 0.6 is 0 Å². The molecule has 12 nitrogen and oxygen atoms in total. The van der Waals surface area contributed by atoms with E-state index >= 15 is 0 Å². The van der Waals surface area contributed by atoms with Gasteiger partial charge >= 0.3 is 0 Å². The highest BCUT2D eigenvalue weighted by molar-refractivity contribution is 6.14. The number of hydrogen-bond acceptors (Lipinski definition) is 12. The third-order valence-electron chi connectivity index (χ3n) is 20.1. The molecule has 0 bridgehead atoms. The van der Waals surface area contributed by atoms with E-state index in [9.17, 15) is 0 Å². The Bertz CT molecular complexity index is 5360. The molecule has 12 heteroatoms. The van der Waals surface area contributed by atoms with Crippen molar-refractivity contribution >= 4 is 133 Å². The maximum absolute atomic E-state index is 8.72. The molecule has 0 radical (unpaired) electrons. The molecular formula is C86H88N8O4. The standard InChI is InChI=1S/C24H24N2O.C22H20N2O.2C20H22N2O/c1-15(2)25-17(4)26(21-11-7-6-10-20(21)25)23-16(3)13-14-19-18-9-5-8-12-22(18)27-24(19)23;1-14-12-13-17-16-8-4-7-11-20(16)25-22(17)21(14)24-15(2)23(3)18-9-5-6-10-19(18)24;2*1-13(2)21-11-12-22(15(21)4)19-14(3)9-10-17-16-7-5-6-8-18(16)23-20(17)19/h5-15,17H,1-4H3;4-13,15H,1-3H3;2*5-13,15H,1-4H3/i15D;3D3;2*13D. The van der Waals surface area contributed by atoms with Crippen molar-refractivity contribution in [2.45, 2.75) is 140 Å². The molecule has 0 N–H and O–H groups in total. The fraction of sp³-hybridized carbons (Fsp3) is 0.256. The molecule has 4 aromatic heterocycles. The number of furan rings is 4. The Kier molecular flexibility index (Phi) is 14.4. The zero-order valence-corrected chi connectivity index (χ0v) is 58.3. The number of para-hydroxylation sites is 8. The van der Waals surface area contributed by atoms with Crippen LogP contribution in [0.25, 0.3) is 87.8 Å². The first-order valence-corrected chi connectivity index (χ1v) is 34.0. The van der Waals surface area contributed by atoms with E-state index in [1.165, 1.54) is 16.0 Å². The molecule has 0 spiro atoms. The van der Waals surface area contributed by atoms with Crippen LogP contribution in [-0.4, -0.2) is 59.5 Å². The van der Waals surface area contributed by atoms with E-state index < -0.39 is 25.0 Å². The molecule has 18 rings (SSSR count). The SMILES string of the molecule is [2H]C(C)(C)N1C=CN(c2c(C)ccc3c2oc2ccccc23)C1C.[2H]C(C)(C)N1C=CN(c2c(C)ccc3c2oc2ccccc23)C1C.[2H]C(C)(C)N1c2ccccc2N(c2c(C)ccc3c2oc2ccccc23)C1C.[2H]C([2H])([2H])N1c2ccccc2N(c2c(C)ccc3c2oc2ccccc23)C1C. The molecule has 0 aliphatic carbocycles. The van der Waals surface area contributed by atoms with Crippen LogP contribution < -0.4 is 29.4 Å². The highest BCUT2D eigenvalue weighted by Crippen LogP contribution is 2.51. The van der Waals surface area contributed by atoms with E-state index in [1.54, 1.807) is 0 Å². The summed E-state index contributed by atoms with van der Waals surface area (Å²) in [5.74, 6) is 0. The normalized spacial score (nSPS) is 18.7. The number of aryl methyl sites for hydroxylation is 4. The van der Waals surface area contributed by atoms with Gasteiger partial charge in [-0.05, 0) is 168 Å². The number of anilines is 8. The van der Waals surface area contributed by atoms with E-state index in [0.29, 0.717) is 5.69 Å². The lowest BCUT2D eigenvalue weighted by Crippen LogP contribution is -2.42. The van der Waals surface area contributed by atoms with Crippen molar-refractivity contribution in [2.24, 2.45) is 0 Å². The van der Waals surface area contributed by atoms with Gasteiger partial charge in [0.2, 0.25) is 0 Å². The molecule has 4 aliphatic heterocycles. The fourth-order valence-electron chi connectivity index (χ4n) is 15.4. The highest BCUT2D eigenvalue weighted by Gasteiger charge is 2.38. The Labute approximate surface area is 583 Å². The van der Waals surface area contributed by atoms with Crippen LogP contribution in [0.1, 0.15) is 99.7 Å². The molecular weight excluding hydrogens is 1210 g/mol. The number of nitrogens with zero attached hydrogens (tertiary/aromatic N) is 8. The predicted molar refractivity (Wildman–Crippen MR) is 412 cm³/mol. The Morgan fingerprint density at radius 2 is 0.622 bits per heavy atom. The van der Waals surface area contributed by atoms with Crippen LogP contribution in [0.15, 0.2) is 237 Å². The number of fused-ring (bicyclic) bond motifs is 14. The molecule has 98 heavy (non-hydrogen) atoms. The van der Waals surface area contributed by atoms with Gasteiger partial charge in [0.25, 0.3) is 0 Å². The van der Waals surface area contributed by atoms with Crippen LogP contribution in [0, 0.1) is 27.7 Å². The van der Waals surface area contributed by atoms with Gasteiger partial charge in [0.05, 0.1) is 49.6 Å². The molecule has 496 valence electrons. The van der Waals surface area contributed by atoms with Crippen LogP contribution in [-0.2, 0) is 0 Å². The molecule has 0 saturated heterocycles. The third kappa shape index (κ3) is 10.4. The van der Waals surface area contributed by atoms with E-state index in [2.05, 4.69) is 176 Å². The minimum Gasteiger partial charge on any atom is -0.454 e. The molecule has 0 amide bonds. The summed E-state index contributed by atoms with van der Waals surface area (Å²) in [5.41, 5.74) is 19.6. The second kappa shape index (κ2) is 25.0. The monoisotopic (exact) mass is 1300 g/mol. The Morgan fingerprint density at radius 1 is 0.316 bits per heavy atom. The lowest BCUT2D eigenvalue weighted by atomic mass is 10.1. The van der Waals surface area contributed by atoms with E-state index in [0.717, 1.165) is 139 Å². The number of hydrogen-bond donors (Lipinski definition) is 0. The lowest BCUT2D eigenvalue weighted by Gasteiger charge is -2.33. The van der Waals surface area contributed by atoms with Crippen molar-refractivity contribution in [2.75, 3.05) is 36.4 Å². The average molecular weight is 1300 g/mol. The first kappa shape index (κ1) is 56.5. The second-order valence-corrected chi connectivity index (χ2v) is 26.9. The van der Waals surface area contributed by atoms with Gasteiger partial charge in [-0.15, -0.1) is 0 Å². The summed E-state index contributed by atoms with van der Waals surface area (Å²) >= 11 is 0. The van der Waals surface area contributed by atoms with Crippen molar-refractivity contribution in [3.63, 3.8) is 0 Å². The molecule has 0 fully saturated rings. The van der Waals surface area contributed by atoms with Gasteiger partial charge in [-0.1, -0.05) is 146 Å². The van der Waals surface area contributed by atoms with E-state index in [1.807, 2.05) is 175 Å². The molecule has 4 atom stereocenters. The minimum absolute atomic E-state index is 0.00223. The van der Waals surface area contributed by atoms with Crippen LogP contribution in [0.5, 0.6) is 0 Å². The van der Waals surface area contributed by atoms with Gasteiger partial charge in [0.1, 0.15) is 47.0 Å². The minimum atomic E-state index is -2.24. The molecule has 0 saturated carbocycles. The lowest BCUT2D eigenvalue weighted by molar-refractivity contribution is 0.263. The summed E-state index contributed by atoms with van der Waals surface area (Å²) < 4.78 is 74.6. The largest absolute Gasteiger partial charge is 0.454 e. The van der Waals surface area contributed by atoms with Crippen LogP contribution in [0.3, 0.4) is 0 Å². The van der Waals surface area contributed by atoms with Crippen LogP contribution in [0.2, 0.25) is 0 Å². The first-order valence-electron chi connectivity index (χ1n) is 37.0. The fourth-order valence-corrected chi connectivity index (χ4v) is 15.4. The summed E-state index contributed by atoms with van der Waals surface area (Å²) in [7, 11) is 0. The Morgan fingerprint density at radius 3 is 0.969 bits per heavy atom. The summed E-state index contributed by atoms with van der Waals surface area (Å²) in [6, 6.07) is 63.5. The van der Waals surface area contributed by atoms with Gasteiger partial charge in [0.15, 0.2) is 22.3 Å². The van der Waals surface area contributed by atoms with Gasteiger partial charge < -0.3 is 56.9 Å². The van der Waals surface area contributed by atoms with Gasteiger partial charge in [-0.2, -0.15) is 0 Å². The Hall–Kier alpha value is -10.7. The quantitative estimate of drug-likeness (QED) is 0.152. The second-order valence-electron chi connectivity index (χ2n) is 26.9. The zero-order valence-electron chi connectivity index (χ0n) is 64.3. The topological polar surface area (TPSA) is 78.5 Å². The number of benzene rings is 10. The maximum atomic E-state index is 8.72. The van der Waals surface area contributed by atoms with Crippen molar-refractivity contribution in [1.29, 1.82) is 0 Å². The third-order valence-corrected chi connectivity index (χ3v) is 20.1. The highest BCUT2D eigenvalue weighted by atomic mass is 16.3. The van der Waals surface area contributed by atoms with Gasteiger partial charge in [-0.25, -0.2) is 0 Å². The zero-order chi connectivity index (χ0) is 73.4. The van der Waals surface area contributed by atoms with Crippen molar-refractivity contribution in [1.82, 2.24) is 9.80 Å². The van der Waals surface area contributed by atoms with Gasteiger partial charge in [-0.3, -0.25) is 0 Å². The molecule has 4 unspecified atom stereocenters. The predicted octanol–water partition coefficient (Wildman–Crippen LogP) is 22.9. The molecule has 8 heterocycles. The summed E-state index contributed by atoms with van der Waals surface area (Å²) in [5, 5.41) is 8.91. The van der Waals surface area contributed by atoms with Crippen molar-refractivity contribution in [3.05, 3.63) is 241 Å². The van der Waals surface area contributed by atoms with Crippen molar-refractivity contribution < 1.29 is 25.9 Å². The smallest absolute Gasteiger partial charge is 0.159 e. The first-order chi connectivity index (χ1) is 49.5. The molecule has 14 aromatic rings. The average Bonchev–Trinajstić information content (AvgIpc) is 1.58. The van der Waals surface area contributed by atoms with E-state index in [-0.39, 0.29) is 24.7 Å². The summed E-state index contributed by atoms with van der Waals surface area (Å²) in [4.78, 5) is 16.6. The van der Waals surface area contributed by atoms with E-state index in [4.69, 9.17) is 25.9 Å². The van der Waals surface area contributed by atoms with Crippen LogP contribution in [0.4, 0.5) is 45.5 Å². The number of rotatable bonds is 7. The van der Waals surface area contributed by atoms with Gasteiger partial charge in [0, 0.05) is 97.0 Å². The maximum Gasteiger partial charge on any atom is 0.159 e. The summed E-state index contributed by atoms with van der Waals surface area (Å²) in [6.07, 6.45) is 7.86. The molecule has 4 aliphatic rings. The molecule has 10 aromatic carbocycles.